The third kappa shape index (κ3) is 2.59. The van der Waals surface area contributed by atoms with Crippen LogP contribution in [0.25, 0.3) is 0 Å². The first-order valence-electron chi connectivity index (χ1n) is 6.50. The summed E-state index contributed by atoms with van der Waals surface area (Å²) in [5.74, 6) is -0.0270. The summed E-state index contributed by atoms with van der Waals surface area (Å²) in [6.07, 6.45) is -0.502. The van der Waals surface area contributed by atoms with Gasteiger partial charge in [0.1, 0.15) is 0 Å². The molecule has 0 radical (unpaired) electrons. The maximum absolute atomic E-state index is 12.6. The Balaban J connectivity index is 1.86. The number of piperazine rings is 1. The van der Waals surface area contributed by atoms with Crippen molar-refractivity contribution in [2.45, 2.75) is 11.1 Å². The van der Waals surface area contributed by atoms with Crippen molar-refractivity contribution in [2.24, 2.45) is 0 Å². The minimum atomic E-state index is -1.40. The standard InChI is InChI=1S/C13H16ClN3O2S/c1-16-4-6-17(7-5-16)13-12(18)10-3-2-9(14)8-11(10)20(19)15-13/h2-3,8,13,15H,4-7H2,1H3. The van der Waals surface area contributed by atoms with E-state index in [0.717, 1.165) is 26.2 Å². The van der Waals surface area contributed by atoms with Crippen molar-refractivity contribution >= 4 is 28.7 Å². The van der Waals surface area contributed by atoms with Gasteiger partial charge in [0, 0.05) is 37.3 Å². The number of nitrogens with zero attached hydrogens (tertiary/aromatic N) is 2. The highest BCUT2D eigenvalue weighted by molar-refractivity contribution is 7.89. The highest BCUT2D eigenvalue weighted by Crippen LogP contribution is 2.27. The molecule has 0 bridgehead atoms. The summed E-state index contributed by atoms with van der Waals surface area (Å²) in [5, 5.41) is 0.491. The molecule has 108 valence electrons. The van der Waals surface area contributed by atoms with Gasteiger partial charge in [-0.15, -0.1) is 4.72 Å². The zero-order valence-corrected chi connectivity index (χ0v) is 12.7. The molecule has 0 aliphatic carbocycles. The molecule has 0 amide bonds. The van der Waals surface area contributed by atoms with Crippen LogP contribution in [0.2, 0.25) is 5.02 Å². The maximum atomic E-state index is 12.6. The number of ketones is 1. The second kappa shape index (κ2) is 5.63. The largest absolute Gasteiger partial charge is 0.593 e. The Bertz CT molecular complexity index is 534. The highest BCUT2D eigenvalue weighted by Gasteiger charge is 2.40. The predicted octanol–water partition coefficient (Wildman–Crippen LogP) is 0.722. The van der Waals surface area contributed by atoms with Crippen LogP contribution < -0.4 is 4.72 Å². The van der Waals surface area contributed by atoms with E-state index in [4.69, 9.17) is 11.6 Å². The van der Waals surface area contributed by atoms with Gasteiger partial charge in [0.2, 0.25) is 5.78 Å². The van der Waals surface area contributed by atoms with E-state index in [9.17, 15) is 9.35 Å². The smallest absolute Gasteiger partial charge is 0.203 e. The number of benzene rings is 1. The zero-order chi connectivity index (χ0) is 14.3. The minimum Gasteiger partial charge on any atom is -0.593 e. The van der Waals surface area contributed by atoms with Crippen LogP contribution in [0.4, 0.5) is 0 Å². The first kappa shape index (κ1) is 14.3. The van der Waals surface area contributed by atoms with Crippen molar-refractivity contribution < 1.29 is 9.35 Å². The first-order valence-corrected chi connectivity index (χ1v) is 8.03. The Labute approximate surface area is 126 Å². The van der Waals surface area contributed by atoms with E-state index in [1.165, 1.54) is 0 Å². The molecule has 1 saturated heterocycles. The van der Waals surface area contributed by atoms with Crippen molar-refractivity contribution in [3.05, 3.63) is 28.8 Å². The Hall–Kier alpha value is -0.630. The minimum absolute atomic E-state index is 0.0270. The molecule has 2 aliphatic heterocycles. The van der Waals surface area contributed by atoms with Crippen LogP contribution in [0.5, 0.6) is 0 Å². The molecule has 2 atom stereocenters. The zero-order valence-electron chi connectivity index (χ0n) is 11.1. The maximum Gasteiger partial charge on any atom is 0.203 e. The SMILES string of the molecule is CN1CCN(C2N[S+]([O-])c3cc(Cl)ccc3C2=O)CC1. The van der Waals surface area contributed by atoms with Crippen molar-refractivity contribution in [3.8, 4) is 0 Å². The quantitative estimate of drug-likeness (QED) is 0.774. The van der Waals surface area contributed by atoms with Gasteiger partial charge in [-0.3, -0.25) is 9.69 Å². The van der Waals surface area contributed by atoms with E-state index < -0.39 is 17.5 Å². The van der Waals surface area contributed by atoms with E-state index in [2.05, 4.69) is 21.6 Å². The molecular formula is C13H16ClN3O2S. The van der Waals surface area contributed by atoms with Crippen LogP contribution in [0, 0.1) is 0 Å². The molecule has 1 fully saturated rings. The summed E-state index contributed by atoms with van der Waals surface area (Å²) in [6.45, 7) is 3.40. The number of hydrogen-bond donors (Lipinski definition) is 1. The molecule has 2 aliphatic rings. The average molecular weight is 314 g/mol. The topological polar surface area (TPSA) is 58.6 Å². The van der Waals surface area contributed by atoms with Gasteiger partial charge in [-0.1, -0.05) is 11.6 Å². The van der Waals surface area contributed by atoms with E-state index >= 15 is 0 Å². The predicted molar refractivity (Wildman–Crippen MR) is 78.2 cm³/mol. The monoisotopic (exact) mass is 313 g/mol. The Morgan fingerprint density at radius 1 is 1.35 bits per heavy atom. The Morgan fingerprint density at radius 2 is 2.05 bits per heavy atom. The van der Waals surface area contributed by atoms with Gasteiger partial charge < -0.3 is 9.45 Å². The molecule has 5 nitrogen and oxygen atoms in total. The summed E-state index contributed by atoms with van der Waals surface area (Å²) in [4.78, 5) is 17.3. The van der Waals surface area contributed by atoms with Crippen molar-refractivity contribution in [1.29, 1.82) is 0 Å². The molecule has 0 aromatic heterocycles. The summed E-state index contributed by atoms with van der Waals surface area (Å²) in [5.41, 5.74) is 0.510. The fraction of sp³-hybridized carbons (Fsp3) is 0.462. The number of fused-ring (bicyclic) bond motifs is 1. The summed E-state index contributed by atoms with van der Waals surface area (Å²) >= 11 is 4.50. The lowest BCUT2D eigenvalue weighted by Gasteiger charge is -2.38. The number of Topliss-reactive ketones (excluding diaryl/α,β-unsaturated/α-hetero) is 1. The summed E-state index contributed by atoms with van der Waals surface area (Å²) < 4.78 is 15.2. The number of rotatable bonds is 1. The van der Waals surface area contributed by atoms with Gasteiger partial charge in [-0.05, 0) is 19.2 Å². The summed E-state index contributed by atoms with van der Waals surface area (Å²) in [6, 6.07) is 4.93. The lowest BCUT2D eigenvalue weighted by atomic mass is 10.1. The molecule has 1 N–H and O–H groups in total. The highest BCUT2D eigenvalue weighted by atomic mass is 35.5. The molecule has 0 saturated carbocycles. The van der Waals surface area contributed by atoms with Crippen LogP contribution in [0.15, 0.2) is 23.1 Å². The Morgan fingerprint density at radius 3 is 2.75 bits per heavy atom. The molecule has 20 heavy (non-hydrogen) atoms. The van der Waals surface area contributed by atoms with Crippen molar-refractivity contribution in [2.75, 3.05) is 33.2 Å². The molecule has 1 aromatic rings. The number of halogens is 1. The van der Waals surface area contributed by atoms with Gasteiger partial charge in [0.15, 0.2) is 11.1 Å². The molecule has 1 aromatic carbocycles. The third-order valence-electron chi connectivity index (χ3n) is 3.78. The molecule has 3 rings (SSSR count). The first-order chi connectivity index (χ1) is 9.56. The molecule has 2 unspecified atom stereocenters. The fourth-order valence-corrected chi connectivity index (χ4v) is 3.96. The van der Waals surface area contributed by atoms with Crippen LogP contribution >= 0.6 is 11.6 Å². The summed E-state index contributed by atoms with van der Waals surface area (Å²) in [7, 11) is 2.06. The van der Waals surface area contributed by atoms with E-state index in [0.29, 0.717) is 15.5 Å². The molecule has 2 heterocycles. The van der Waals surface area contributed by atoms with Crippen LogP contribution in [0.3, 0.4) is 0 Å². The third-order valence-corrected chi connectivity index (χ3v) is 5.19. The van der Waals surface area contributed by atoms with Crippen molar-refractivity contribution in [3.63, 3.8) is 0 Å². The molecule has 0 spiro atoms. The number of hydrogen-bond acceptors (Lipinski definition) is 5. The van der Waals surface area contributed by atoms with Crippen LogP contribution in [-0.4, -0.2) is 59.5 Å². The van der Waals surface area contributed by atoms with Crippen LogP contribution in [0.1, 0.15) is 10.4 Å². The van der Waals surface area contributed by atoms with Gasteiger partial charge in [0.05, 0.1) is 16.9 Å². The second-order valence-electron chi connectivity index (χ2n) is 5.13. The van der Waals surface area contributed by atoms with E-state index in [-0.39, 0.29) is 5.78 Å². The van der Waals surface area contributed by atoms with Crippen molar-refractivity contribution in [1.82, 2.24) is 14.5 Å². The van der Waals surface area contributed by atoms with Crippen LogP contribution in [-0.2, 0) is 11.4 Å². The lowest BCUT2D eigenvalue weighted by Crippen LogP contribution is -2.60. The van der Waals surface area contributed by atoms with Gasteiger partial charge in [0.25, 0.3) is 0 Å². The average Bonchev–Trinajstić information content (AvgIpc) is 2.44. The van der Waals surface area contributed by atoms with Gasteiger partial charge in [-0.25, -0.2) is 0 Å². The molecule has 7 heteroatoms. The molecular weight excluding hydrogens is 298 g/mol. The Kier molecular flexibility index (Phi) is 4.03. The number of likely N-dealkylation sites (N-methyl/N-ethyl adjacent to an activating group) is 1. The second-order valence-corrected chi connectivity index (χ2v) is 6.78. The fourth-order valence-electron chi connectivity index (χ4n) is 2.54. The normalized spacial score (nSPS) is 28.4. The van der Waals surface area contributed by atoms with E-state index in [1.807, 2.05) is 0 Å². The van der Waals surface area contributed by atoms with Gasteiger partial charge in [-0.2, -0.15) is 0 Å². The number of nitrogens with one attached hydrogen (secondary N) is 1. The lowest BCUT2D eigenvalue weighted by molar-refractivity contribution is 0.0670. The van der Waals surface area contributed by atoms with E-state index in [1.54, 1.807) is 18.2 Å². The van der Waals surface area contributed by atoms with Gasteiger partial charge >= 0.3 is 0 Å². The number of carbonyl (C=O) groups is 1. The number of carbonyl (C=O) groups excluding carboxylic acids is 1.